The minimum Gasteiger partial charge on any atom is -0.325 e. The average molecular weight is 358 g/mol. The van der Waals surface area contributed by atoms with Crippen molar-refractivity contribution < 1.29 is 4.79 Å². The molecule has 2 fully saturated rings. The largest absolute Gasteiger partial charge is 0.325 e. The third-order valence-electron chi connectivity index (χ3n) is 6.58. The first-order valence-corrected chi connectivity index (χ1v) is 10.1. The number of anilines is 1. The fourth-order valence-corrected chi connectivity index (χ4v) is 4.95. The number of benzene rings is 2. The number of hydrogen-bond donors (Lipinski definition) is 1. The molecule has 0 unspecified atom stereocenters. The third-order valence-corrected chi connectivity index (χ3v) is 6.58. The molecule has 2 aliphatic rings. The summed E-state index contributed by atoms with van der Waals surface area (Å²) in [5.74, 6) is 0.0924. The molecule has 0 bridgehead atoms. The van der Waals surface area contributed by atoms with Crippen LogP contribution in [0.4, 0.5) is 5.69 Å². The van der Waals surface area contributed by atoms with E-state index in [1.807, 2.05) is 42.5 Å². The van der Waals surface area contributed by atoms with Crippen LogP contribution in [0.15, 0.2) is 54.6 Å². The number of carbonyl (C=O) groups is 1. The number of amides is 1. The lowest BCUT2D eigenvalue weighted by molar-refractivity contribution is -0.121. The molecule has 0 aromatic heterocycles. The lowest BCUT2D eigenvalue weighted by atomic mass is 9.78. The number of nitriles is 1. The molecule has 3 nitrogen and oxygen atoms in total. The Labute approximate surface area is 161 Å². The molecule has 2 aromatic carbocycles. The molecule has 1 N–H and O–H groups in total. The van der Waals surface area contributed by atoms with E-state index in [0.29, 0.717) is 0 Å². The van der Waals surface area contributed by atoms with Crippen LogP contribution in [0.25, 0.3) is 0 Å². The maximum atomic E-state index is 13.2. The first-order valence-electron chi connectivity index (χ1n) is 10.1. The van der Waals surface area contributed by atoms with Crippen LogP contribution in [0.1, 0.15) is 62.5 Å². The van der Waals surface area contributed by atoms with Gasteiger partial charge in [-0.3, -0.25) is 4.79 Å². The molecule has 0 aliphatic heterocycles. The highest BCUT2D eigenvalue weighted by Gasteiger charge is 2.42. The Morgan fingerprint density at radius 1 is 0.815 bits per heavy atom. The Morgan fingerprint density at radius 2 is 1.41 bits per heavy atom. The molecule has 2 aliphatic carbocycles. The summed E-state index contributed by atoms with van der Waals surface area (Å²) in [7, 11) is 0. The van der Waals surface area contributed by atoms with E-state index in [1.165, 1.54) is 0 Å². The van der Waals surface area contributed by atoms with Crippen LogP contribution >= 0.6 is 0 Å². The van der Waals surface area contributed by atoms with E-state index in [0.717, 1.165) is 68.2 Å². The van der Waals surface area contributed by atoms with Crippen molar-refractivity contribution in [2.45, 2.75) is 62.2 Å². The van der Waals surface area contributed by atoms with Gasteiger partial charge in [-0.1, -0.05) is 68.1 Å². The SMILES string of the molecule is N#CC1(c2ccc(NC(=O)C3(c4ccccc4)CCCC3)cc2)CCCC1. The van der Waals surface area contributed by atoms with Crippen LogP contribution < -0.4 is 5.32 Å². The molecular formula is C24H26N2O. The van der Waals surface area contributed by atoms with Crippen molar-refractivity contribution >= 4 is 11.6 Å². The van der Waals surface area contributed by atoms with Crippen LogP contribution in [-0.2, 0) is 15.6 Å². The van der Waals surface area contributed by atoms with E-state index >= 15 is 0 Å². The summed E-state index contributed by atoms with van der Waals surface area (Å²) in [5.41, 5.74) is 2.26. The minimum atomic E-state index is -0.417. The molecule has 2 aromatic rings. The Bertz CT molecular complexity index is 836. The van der Waals surface area contributed by atoms with E-state index in [1.54, 1.807) is 0 Å². The summed E-state index contributed by atoms with van der Waals surface area (Å²) < 4.78 is 0. The Balaban J connectivity index is 1.55. The smallest absolute Gasteiger partial charge is 0.235 e. The minimum absolute atomic E-state index is 0.0924. The Kier molecular flexibility index (Phi) is 4.74. The monoisotopic (exact) mass is 358 g/mol. The Hall–Kier alpha value is -2.60. The first-order chi connectivity index (χ1) is 13.2. The van der Waals surface area contributed by atoms with Gasteiger partial charge in [0.25, 0.3) is 0 Å². The van der Waals surface area contributed by atoms with E-state index < -0.39 is 5.41 Å². The fourth-order valence-electron chi connectivity index (χ4n) is 4.95. The lowest BCUT2D eigenvalue weighted by Gasteiger charge is -2.28. The number of hydrogen-bond acceptors (Lipinski definition) is 2. The zero-order chi connectivity index (χ0) is 18.7. The number of carbonyl (C=O) groups excluding carboxylic acids is 1. The van der Waals surface area contributed by atoms with E-state index in [4.69, 9.17) is 0 Å². The molecule has 138 valence electrons. The van der Waals surface area contributed by atoms with Crippen molar-refractivity contribution in [2.75, 3.05) is 5.32 Å². The van der Waals surface area contributed by atoms with Gasteiger partial charge in [-0.15, -0.1) is 0 Å². The van der Waals surface area contributed by atoms with Crippen molar-refractivity contribution in [1.82, 2.24) is 0 Å². The van der Waals surface area contributed by atoms with Crippen molar-refractivity contribution in [3.8, 4) is 6.07 Å². The van der Waals surface area contributed by atoms with E-state index in [-0.39, 0.29) is 11.3 Å². The molecule has 2 saturated carbocycles. The summed E-state index contributed by atoms with van der Waals surface area (Å²) in [4.78, 5) is 13.2. The van der Waals surface area contributed by atoms with Gasteiger partial charge in [-0.25, -0.2) is 0 Å². The van der Waals surface area contributed by atoms with Gasteiger partial charge in [0.2, 0.25) is 5.91 Å². The summed E-state index contributed by atoms with van der Waals surface area (Å²) in [6.07, 6.45) is 8.09. The first kappa shape index (κ1) is 17.8. The third kappa shape index (κ3) is 3.14. The molecule has 0 radical (unpaired) electrons. The van der Waals surface area contributed by atoms with Crippen LogP contribution in [0.3, 0.4) is 0 Å². The maximum absolute atomic E-state index is 13.2. The zero-order valence-corrected chi connectivity index (χ0v) is 15.7. The molecule has 0 spiro atoms. The van der Waals surface area contributed by atoms with Crippen molar-refractivity contribution in [2.24, 2.45) is 0 Å². The van der Waals surface area contributed by atoms with Crippen molar-refractivity contribution in [3.05, 3.63) is 65.7 Å². The molecule has 0 saturated heterocycles. The molecular weight excluding hydrogens is 332 g/mol. The second-order valence-corrected chi connectivity index (χ2v) is 8.09. The molecule has 1 amide bonds. The summed E-state index contributed by atoms with van der Waals surface area (Å²) >= 11 is 0. The quantitative estimate of drug-likeness (QED) is 0.787. The summed E-state index contributed by atoms with van der Waals surface area (Å²) in [5, 5.41) is 12.8. The van der Waals surface area contributed by atoms with Gasteiger partial charge in [-0.05, 0) is 48.9 Å². The zero-order valence-electron chi connectivity index (χ0n) is 15.7. The van der Waals surface area contributed by atoms with Gasteiger partial charge in [-0.2, -0.15) is 5.26 Å². The van der Waals surface area contributed by atoms with Gasteiger partial charge in [0.05, 0.1) is 16.9 Å². The average Bonchev–Trinajstić information content (AvgIpc) is 3.40. The standard InChI is InChI=1S/C24H26N2O/c25-18-23(14-4-5-15-23)19-10-12-21(13-11-19)26-22(27)24(16-6-7-17-24)20-8-2-1-3-9-20/h1-3,8-13H,4-7,14-17H2,(H,26,27). The highest BCUT2D eigenvalue weighted by Crippen LogP contribution is 2.43. The van der Waals surface area contributed by atoms with Crippen LogP contribution in [-0.4, -0.2) is 5.91 Å². The van der Waals surface area contributed by atoms with Gasteiger partial charge in [0.1, 0.15) is 0 Å². The van der Waals surface area contributed by atoms with Gasteiger partial charge in [0, 0.05) is 5.69 Å². The van der Waals surface area contributed by atoms with Crippen molar-refractivity contribution in [3.63, 3.8) is 0 Å². The number of nitrogens with zero attached hydrogens (tertiary/aromatic N) is 1. The van der Waals surface area contributed by atoms with E-state index in [2.05, 4.69) is 23.5 Å². The molecule has 0 heterocycles. The van der Waals surface area contributed by atoms with Crippen LogP contribution in [0.2, 0.25) is 0 Å². The normalized spacial score (nSPS) is 20.1. The topological polar surface area (TPSA) is 52.9 Å². The fraction of sp³-hybridized carbons (Fsp3) is 0.417. The second kappa shape index (κ2) is 7.19. The highest BCUT2D eigenvalue weighted by atomic mass is 16.2. The Morgan fingerprint density at radius 3 is 2.00 bits per heavy atom. The highest BCUT2D eigenvalue weighted by molar-refractivity contribution is 5.99. The molecule has 27 heavy (non-hydrogen) atoms. The molecule has 3 heteroatoms. The summed E-state index contributed by atoms with van der Waals surface area (Å²) in [6.45, 7) is 0. The maximum Gasteiger partial charge on any atom is 0.235 e. The van der Waals surface area contributed by atoms with Gasteiger partial charge >= 0.3 is 0 Å². The number of nitrogens with one attached hydrogen (secondary N) is 1. The predicted octanol–water partition coefficient (Wildman–Crippen LogP) is 5.47. The second-order valence-electron chi connectivity index (χ2n) is 8.09. The van der Waals surface area contributed by atoms with Crippen molar-refractivity contribution in [1.29, 1.82) is 5.26 Å². The number of rotatable bonds is 4. The van der Waals surface area contributed by atoms with Gasteiger partial charge < -0.3 is 5.32 Å². The van der Waals surface area contributed by atoms with Crippen LogP contribution in [0, 0.1) is 11.3 Å². The lowest BCUT2D eigenvalue weighted by Crippen LogP contribution is -2.38. The summed E-state index contributed by atoms with van der Waals surface area (Å²) in [6, 6.07) is 20.7. The predicted molar refractivity (Wildman–Crippen MR) is 107 cm³/mol. The molecule has 4 rings (SSSR count). The van der Waals surface area contributed by atoms with E-state index in [9.17, 15) is 10.1 Å². The van der Waals surface area contributed by atoms with Crippen LogP contribution in [0.5, 0.6) is 0 Å². The molecule has 0 atom stereocenters. The van der Waals surface area contributed by atoms with Gasteiger partial charge in [0.15, 0.2) is 0 Å².